The molecule has 1 amide bonds. The number of hydrogen-bond acceptors (Lipinski definition) is 3. The van der Waals surface area contributed by atoms with Crippen molar-refractivity contribution in [2.75, 3.05) is 19.4 Å². The molecule has 5 heteroatoms. The third kappa shape index (κ3) is 2.90. The lowest BCUT2D eigenvalue weighted by atomic mass is 10.1. The average molecular weight is 308 g/mol. The standard InChI is InChI=1S/C18H20N4O/c1-12(16-10-13-6-4-5-7-15(13)21-16)22(3)18(23)14-8-9-20-17(11-14)19-2/h4-12,21H,1-3H3,(H,19,20)/t12-/m0/s1. The molecule has 0 spiro atoms. The van der Waals surface area contributed by atoms with Crippen LogP contribution < -0.4 is 5.32 Å². The Morgan fingerprint density at radius 2 is 2.04 bits per heavy atom. The maximum Gasteiger partial charge on any atom is 0.254 e. The first-order valence-corrected chi connectivity index (χ1v) is 7.59. The van der Waals surface area contributed by atoms with Crippen LogP contribution in [-0.4, -0.2) is 34.9 Å². The van der Waals surface area contributed by atoms with Crippen molar-refractivity contribution in [1.29, 1.82) is 0 Å². The van der Waals surface area contributed by atoms with Crippen molar-refractivity contribution in [2.45, 2.75) is 13.0 Å². The molecule has 0 aliphatic carbocycles. The number of para-hydroxylation sites is 1. The van der Waals surface area contributed by atoms with Crippen LogP contribution in [0.25, 0.3) is 10.9 Å². The van der Waals surface area contributed by atoms with Crippen molar-refractivity contribution in [3.05, 3.63) is 59.9 Å². The number of benzene rings is 1. The highest BCUT2D eigenvalue weighted by molar-refractivity contribution is 5.95. The number of nitrogens with zero attached hydrogens (tertiary/aromatic N) is 2. The van der Waals surface area contributed by atoms with Gasteiger partial charge in [-0.1, -0.05) is 18.2 Å². The van der Waals surface area contributed by atoms with E-state index in [9.17, 15) is 4.79 Å². The summed E-state index contributed by atoms with van der Waals surface area (Å²) in [6.07, 6.45) is 1.64. The molecule has 0 aliphatic rings. The Bertz CT molecular complexity index is 807. The van der Waals surface area contributed by atoms with Gasteiger partial charge in [0.15, 0.2) is 0 Å². The summed E-state index contributed by atoms with van der Waals surface area (Å²) in [5.41, 5.74) is 2.72. The molecule has 0 aliphatic heterocycles. The van der Waals surface area contributed by atoms with Crippen LogP contribution in [0, 0.1) is 0 Å². The molecule has 0 fully saturated rings. The Morgan fingerprint density at radius 1 is 1.26 bits per heavy atom. The quantitative estimate of drug-likeness (QED) is 0.776. The number of hydrogen-bond donors (Lipinski definition) is 2. The molecule has 0 unspecified atom stereocenters. The zero-order valence-corrected chi connectivity index (χ0v) is 13.5. The minimum Gasteiger partial charge on any atom is -0.373 e. The van der Waals surface area contributed by atoms with Gasteiger partial charge in [-0.25, -0.2) is 4.98 Å². The maximum atomic E-state index is 12.7. The number of amides is 1. The molecular weight excluding hydrogens is 288 g/mol. The molecule has 2 heterocycles. The van der Waals surface area contributed by atoms with Gasteiger partial charge < -0.3 is 15.2 Å². The molecule has 23 heavy (non-hydrogen) atoms. The number of nitrogens with one attached hydrogen (secondary N) is 2. The monoisotopic (exact) mass is 308 g/mol. The first-order chi connectivity index (χ1) is 11.1. The molecule has 1 aromatic carbocycles. The Kier molecular flexibility index (Phi) is 4.02. The fourth-order valence-electron chi connectivity index (χ4n) is 2.61. The largest absolute Gasteiger partial charge is 0.373 e. The predicted molar refractivity (Wildman–Crippen MR) is 92.6 cm³/mol. The second-order valence-electron chi connectivity index (χ2n) is 5.58. The number of pyridine rings is 1. The van der Waals surface area contributed by atoms with Gasteiger partial charge in [0.25, 0.3) is 5.91 Å². The van der Waals surface area contributed by atoms with Gasteiger partial charge >= 0.3 is 0 Å². The summed E-state index contributed by atoms with van der Waals surface area (Å²) < 4.78 is 0. The van der Waals surface area contributed by atoms with E-state index in [2.05, 4.69) is 27.4 Å². The summed E-state index contributed by atoms with van der Waals surface area (Å²) in [5.74, 6) is 0.651. The normalized spacial score (nSPS) is 12.1. The summed E-state index contributed by atoms with van der Waals surface area (Å²) >= 11 is 0. The lowest BCUT2D eigenvalue weighted by Gasteiger charge is -2.24. The first kappa shape index (κ1) is 15.1. The second kappa shape index (κ2) is 6.12. The molecular formula is C18H20N4O. The molecule has 5 nitrogen and oxygen atoms in total. The lowest BCUT2D eigenvalue weighted by molar-refractivity contribution is 0.0740. The molecule has 0 saturated heterocycles. The number of aromatic nitrogens is 2. The van der Waals surface area contributed by atoms with Crippen molar-refractivity contribution in [1.82, 2.24) is 14.9 Å². The van der Waals surface area contributed by atoms with Gasteiger partial charge in [-0.15, -0.1) is 0 Å². The van der Waals surface area contributed by atoms with Crippen LogP contribution in [0.4, 0.5) is 5.82 Å². The van der Waals surface area contributed by atoms with E-state index in [0.29, 0.717) is 11.4 Å². The third-order valence-electron chi connectivity index (χ3n) is 4.17. The van der Waals surface area contributed by atoms with Crippen molar-refractivity contribution in [3.8, 4) is 0 Å². The SMILES string of the molecule is CNc1cc(C(=O)N(C)[C@@H](C)c2cc3ccccc3[nH]2)ccn1. The second-order valence-corrected chi connectivity index (χ2v) is 5.58. The Labute approximate surface area is 135 Å². The Hall–Kier alpha value is -2.82. The minimum absolute atomic E-state index is 0.0324. The van der Waals surface area contributed by atoms with Crippen molar-refractivity contribution in [3.63, 3.8) is 0 Å². The van der Waals surface area contributed by atoms with Gasteiger partial charge in [-0.3, -0.25) is 4.79 Å². The predicted octanol–water partition coefficient (Wildman–Crippen LogP) is 3.44. The van der Waals surface area contributed by atoms with Gasteiger partial charge in [0.2, 0.25) is 0 Å². The van der Waals surface area contributed by atoms with Crippen LogP contribution in [-0.2, 0) is 0 Å². The fraction of sp³-hybridized carbons (Fsp3) is 0.222. The Balaban J connectivity index is 1.85. The summed E-state index contributed by atoms with van der Waals surface area (Å²) in [6.45, 7) is 2.02. The van der Waals surface area contributed by atoms with E-state index in [1.54, 1.807) is 30.3 Å². The maximum absolute atomic E-state index is 12.7. The smallest absolute Gasteiger partial charge is 0.254 e. The van der Waals surface area contributed by atoms with E-state index in [4.69, 9.17) is 0 Å². The third-order valence-corrected chi connectivity index (χ3v) is 4.17. The average Bonchev–Trinajstić information content (AvgIpc) is 3.04. The molecule has 2 aromatic heterocycles. The molecule has 0 saturated carbocycles. The van der Waals surface area contributed by atoms with Crippen molar-refractivity contribution < 1.29 is 4.79 Å². The highest BCUT2D eigenvalue weighted by Gasteiger charge is 2.20. The number of rotatable bonds is 4. The number of anilines is 1. The first-order valence-electron chi connectivity index (χ1n) is 7.59. The number of H-pyrrole nitrogens is 1. The van der Waals surface area contributed by atoms with E-state index < -0.39 is 0 Å². The molecule has 2 N–H and O–H groups in total. The number of fused-ring (bicyclic) bond motifs is 1. The van der Waals surface area contributed by atoms with Crippen LogP contribution in [0.1, 0.15) is 29.0 Å². The molecule has 118 valence electrons. The minimum atomic E-state index is -0.0545. The van der Waals surface area contributed by atoms with Gasteiger partial charge in [0.1, 0.15) is 5.82 Å². The summed E-state index contributed by atoms with van der Waals surface area (Å²) in [7, 11) is 3.60. The van der Waals surface area contributed by atoms with Gasteiger partial charge in [0, 0.05) is 37.1 Å². The zero-order valence-electron chi connectivity index (χ0n) is 13.5. The van der Waals surface area contributed by atoms with Gasteiger partial charge in [0.05, 0.1) is 6.04 Å². The molecule has 0 bridgehead atoms. The lowest BCUT2D eigenvalue weighted by Crippen LogP contribution is -2.29. The Morgan fingerprint density at radius 3 is 2.78 bits per heavy atom. The van der Waals surface area contributed by atoms with Crippen molar-refractivity contribution >= 4 is 22.6 Å². The summed E-state index contributed by atoms with van der Waals surface area (Å²) in [5, 5.41) is 4.10. The summed E-state index contributed by atoms with van der Waals surface area (Å²) in [6, 6.07) is 13.6. The topological polar surface area (TPSA) is 61.0 Å². The molecule has 1 atom stereocenters. The van der Waals surface area contributed by atoms with Crippen LogP contribution in [0.15, 0.2) is 48.7 Å². The number of carbonyl (C=O) groups excluding carboxylic acids is 1. The van der Waals surface area contributed by atoms with Gasteiger partial charge in [-0.2, -0.15) is 0 Å². The van der Waals surface area contributed by atoms with E-state index in [0.717, 1.165) is 16.6 Å². The zero-order chi connectivity index (χ0) is 16.4. The van der Waals surface area contributed by atoms with Crippen LogP contribution in [0.2, 0.25) is 0 Å². The summed E-state index contributed by atoms with van der Waals surface area (Å²) in [4.78, 5) is 22.0. The molecule has 0 radical (unpaired) electrons. The van der Waals surface area contributed by atoms with E-state index >= 15 is 0 Å². The van der Waals surface area contributed by atoms with E-state index in [1.165, 1.54) is 0 Å². The van der Waals surface area contributed by atoms with Crippen LogP contribution in [0.5, 0.6) is 0 Å². The number of aromatic amines is 1. The van der Waals surface area contributed by atoms with Crippen molar-refractivity contribution in [2.24, 2.45) is 0 Å². The van der Waals surface area contributed by atoms with Gasteiger partial charge in [-0.05, 0) is 36.6 Å². The van der Waals surface area contributed by atoms with Crippen LogP contribution >= 0.6 is 0 Å². The number of carbonyl (C=O) groups is 1. The fourth-order valence-corrected chi connectivity index (χ4v) is 2.61. The van der Waals surface area contributed by atoms with Crippen LogP contribution in [0.3, 0.4) is 0 Å². The van der Waals surface area contributed by atoms with E-state index in [-0.39, 0.29) is 11.9 Å². The highest BCUT2D eigenvalue weighted by atomic mass is 16.2. The molecule has 3 aromatic rings. The highest BCUT2D eigenvalue weighted by Crippen LogP contribution is 2.24. The van der Waals surface area contributed by atoms with E-state index in [1.807, 2.05) is 32.2 Å². The molecule has 3 rings (SSSR count).